The van der Waals surface area contributed by atoms with Crippen LogP contribution in [0.3, 0.4) is 0 Å². The number of rotatable bonds is 4. The monoisotopic (exact) mass is 193 g/mol. The van der Waals surface area contributed by atoms with E-state index in [1.807, 2.05) is 31.2 Å². The van der Waals surface area contributed by atoms with Gasteiger partial charge in [0.05, 0.1) is 6.10 Å². The first-order chi connectivity index (χ1) is 6.61. The lowest BCUT2D eigenvalue weighted by Crippen LogP contribution is -2.28. The van der Waals surface area contributed by atoms with E-state index in [1.165, 1.54) is 0 Å². The molecule has 0 aliphatic carbocycles. The second kappa shape index (κ2) is 5.13. The number of aryl methyl sites for hydroxylation is 1. The van der Waals surface area contributed by atoms with Crippen molar-refractivity contribution in [2.45, 2.75) is 32.9 Å². The molecular weight excluding hydrogens is 174 g/mol. The first-order valence-electron chi connectivity index (χ1n) is 5.08. The molecule has 1 unspecified atom stereocenters. The van der Waals surface area contributed by atoms with Gasteiger partial charge in [0, 0.05) is 12.6 Å². The Morgan fingerprint density at radius 1 is 1.29 bits per heavy atom. The van der Waals surface area contributed by atoms with E-state index in [9.17, 15) is 5.11 Å². The number of hydrogen-bond donors (Lipinski definition) is 2. The zero-order valence-corrected chi connectivity index (χ0v) is 9.12. The molecule has 0 radical (unpaired) electrons. The van der Waals surface area contributed by atoms with Crippen molar-refractivity contribution >= 4 is 0 Å². The van der Waals surface area contributed by atoms with E-state index in [2.05, 4.69) is 19.2 Å². The van der Waals surface area contributed by atoms with Crippen LogP contribution in [0.4, 0.5) is 0 Å². The highest BCUT2D eigenvalue weighted by molar-refractivity contribution is 5.27. The van der Waals surface area contributed by atoms with Crippen LogP contribution < -0.4 is 5.32 Å². The minimum absolute atomic E-state index is 0.404. The van der Waals surface area contributed by atoms with Crippen LogP contribution in [-0.4, -0.2) is 17.7 Å². The fraction of sp³-hybridized carbons (Fsp3) is 0.500. The van der Waals surface area contributed by atoms with Crippen LogP contribution in [0.25, 0.3) is 0 Å². The SMILES string of the molecule is Cc1ccccc1C(O)CNC(C)C. The third-order valence-corrected chi connectivity index (χ3v) is 2.27. The second-order valence-corrected chi connectivity index (χ2v) is 3.94. The van der Waals surface area contributed by atoms with Gasteiger partial charge in [-0.05, 0) is 18.1 Å². The topological polar surface area (TPSA) is 32.3 Å². The van der Waals surface area contributed by atoms with Crippen molar-refractivity contribution in [3.63, 3.8) is 0 Å². The van der Waals surface area contributed by atoms with E-state index in [-0.39, 0.29) is 0 Å². The summed E-state index contributed by atoms with van der Waals surface area (Å²) in [5, 5.41) is 13.1. The summed E-state index contributed by atoms with van der Waals surface area (Å²) >= 11 is 0. The smallest absolute Gasteiger partial charge is 0.0917 e. The molecule has 0 spiro atoms. The standard InChI is InChI=1S/C12H19NO/c1-9(2)13-8-12(14)11-7-5-4-6-10(11)3/h4-7,9,12-14H,8H2,1-3H3. The van der Waals surface area contributed by atoms with Gasteiger partial charge in [0.2, 0.25) is 0 Å². The number of hydrogen-bond acceptors (Lipinski definition) is 2. The lowest BCUT2D eigenvalue weighted by molar-refractivity contribution is 0.171. The summed E-state index contributed by atoms with van der Waals surface area (Å²) in [5.74, 6) is 0. The summed E-state index contributed by atoms with van der Waals surface area (Å²) in [6.07, 6.45) is -0.404. The van der Waals surface area contributed by atoms with Gasteiger partial charge in [-0.3, -0.25) is 0 Å². The van der Waals surface area contributed by atoms with Crippen LogP contribution in [0.5, 0.6) is 0 Å². The number of aliphatic hydroxyl groups excluding tert-OH is 1. The number of aliphatic hydroxyl groups is 1. The maximum Gasteiger partial charge on any atom is 0.0917 e. The molecule has 0 heterocycles. The molecule has 2 heteroatoms. The Bertz CT molecular complexity index is 283. The van der Waals surface area contributed by atoms with Crippen LogP contribution >= 0.6 is 0 Å². The zero-order valence-electron chi connectivity index (χ0n) is 9.12. The molecule has 1 rings (SSSR count). The average Bonchev–Trinajstić information content (AvgIpc) is 2.15. The lowest BCUT2D eigenvalue weighted by Gasteiger charge is -2.16. The molecule has 0 fully saturated rings. The van der Waals surface area contributed by atoms with Crippen molar-refractivity contribution in [2.24, 2.45) is 0 Å². The lowest BCUT2D eigenvalue weighted by atomic mass is 10.0. The zero-order chi connectivity index (χ0) is 10.6. The summed E-state index contributed by atoms with van der Waals surface area (Å²) < 4.78 is 0. The van der Waals surface area contributed by atoms with Crippen molar-refractivity contribution in [3.8, 4) is 0 Å². The van der Waals surface area contributed by atoms with E-state index >= 15 is 0 Å². The van der Waals surface area contributed by atoms with Gasteiger partial charge < -0.3 is 10.4 Å². The highest BCUT2D eigenvalue weighted by Gasteiger charge is 2.09. The van der Waals surface area contributed by atoms with E-state index in [0.29, 0.717) is 12.6 Å². The fourth-order valence-corrected chi connectivity index (χ4v) is 1.42. The molecule has 2 nitrogen and oxygen atoms in total. The fourth-order valence-electron chi connectivity index (χ4n) is 1.42. The minimum atomic E-state index is -0.404. The molecule has 0 amide bonds. The third-order valence-electron chi connectivity index (χ3n) is 2.27. The van der Waals surface area contributed by atoms with Crippen molar-refractivity contribution in [2.75, 3.05) is 6.54 Å². The van der Waals surface area contributed by atoms with Crippen LogP contribution in [0.2, 0.25) is 0 Å². The Morgan fingerprint density at radius 3 is 2.50 bits per heavy atom. The molecule has 1 aromatic rings. The third kappa shape index (κ3) is 3.13. The second-order valence-electron chi connectivity index (χ2n) is 3.94. The van der Waals surface area contributed by atoms with Crippen molar-refractivity contribution in [1.82, 2.24) is 5.32 Å². The molecule has 1 aromatic carbocycles. The van der Waals surface area contributed by atoms with Gasteiger partial charge in [0.15, 0.2) is 0 Å². The van der Waals surface area contributed by atoms with Crippen LogP contribution in [0.1, 0.15) is 31.1 Å². The van der Waals surface area contributed by atoms with Gasteiger partial charge in [-0.15, -0.1) is 0 Å². The Morgan fingerprint density at radius 2 is 1.93 bits per heavy atom. The summed E-state index contributed by atoms with van der Waals surface area (Å²) in [4.78, 5) is 0. The van der Waals surface area contributed by atoms with Crippen molar-refractivity contribution in [1.29, 1.82) is 0 Å². The molecule has 2 N–H and O–H groups in total. The van der Waals surface area contributed by atoms with E-state index < -0.39 is 6.10 Å². The summed E-state index contributed by atoms with van der Waals surface area (Å²) in [5.41, 5.74) is 2.16. The molecule has 0 aliphatic rings. The highest BCUT2D eigenvalue weighted by Crippen LogP contribution is 2.16. The molecular formula is C12H19NO. The van der Waals surface area contributed by atoms with Gasteiger partial charge in [-0.1, -0.05) is 38.1 Å². The molecule has 0 saturated heterocycles. The molecule has 14 heavy (non-hydrogen) atoms. The van der Waals surface area contributed by atoms with Crippen LogP contribution in [0, 0.1) is 6.92 Å². The summed E-state index contributed by atoms with van der Waals surface area (Å²) in [6, 6.07) is 8.35. The predicted octanol–water partition coefficient (Wildman–Crippen LogP) is 2.03. The highest BCUT2D eigenvalue weighted by atomic mass is 16.3. The van der Waals surface area contributed by atoms with E-state index in [1.54, 1.807) is 0 Å². The largest absolute Gasteiger partial charge is 0.387 e. The summed E-state index contributed by atoms with van der Waals surface area (Å²) in [7, 11) is 0. The van der Waals surface area contributed by atoms with Crippen molar-refractivity contribution < 1.29 is 5.11 Å². The molecule has 78 valence electrons. The maximum atomic E-state index is 9.89. The Labute approximate surface area is 86.0 Å². The Kier molecular flexibility index (Phi) is 4.11. The summed E-state index contributed by atoms with van der Waals surface area (Å²) in [6.45, 7) is 6.78. The Hall–Kier alpha value is -0.860. The minimum Gasteiger partial charge on any atom is -0.387 e. The van der Waals surface area contributed by atoms with Gasteiger partial charge in [-0.2, -0.15) is 0 Å². The van der Waals surface area contributed by atoms with E-state index in [4.69, 9.17) is 0 Å². The molecule has 0 bridgehead atoms. The maximum absolute atomic E-state index is 9.89. The van der Waals surface area contributed by atoms with Gasteiger partial charge in [-0.25, -0.2) is 0 Å². The first-order valence-corrected chi connectivity index (χ1v) is 5.08. The van der Waals surface area contributed by atoms with E-state index in [0.717, 1.165) is 11.1 Å². The average molecular weight is 193 g/mol. The molecule has 0 saturated carbocycles. The number of nitrogens with one attached hydrogen (secondary N) is 1. The van der Waals surface area contributed by atoms with Gasteiger partial charge >= 0.3 is 0 Å². The predicted molar refractivity (Wildman–Crippen MR) is 59.3 cm³/mol. The van der Waals surface area contributed by atoms with Crippen LogP contribution in [-0.2, 0) is 0 Å². The quantitative estimate of drug-likeness (QED) is 0.767. The first kappa shape index (κ1) is 11.2. The molecule has 0 aromatic heterocycles. The van der Waals surface area contributed by atoms with Gasteiger partial charge in [0.25, 0.3) is 0 Å². The van der Waals surface area contributed by atoms with Crippen molar-refractivity contribution in [3.05, 3.63) is 35.4 Å². The molecule has 0 aliphatic heterocycles. The normalized spacial score (nSPS) is 13.2. The number of benzene rings is 1. The van der Waals surface area contributed by atoms with Gasteiger partial charge in [0.1, 0.15) is 0 Å². The molecule has 1 atom stereocenters. The van der Waals surface area contributed by atoms with Crippen LogP contribution in [0.15, 0.2) is 24.3 Å². The Balaban J connectivity index is 2.60.